The van der Waals surface area contributed by atoms with Crippen LogP contribution in [0.5, 0.6) is 0 Å². The van der Waals surface area contributed by atoms with Crippen molar-refractivity contribution in [3.05, 3.63) is 34.3 Å². The topological polar surface area (TPSA) is 29.3 Å². The molecule has 1 fully saturated rings. The van der Waals surface area contributed by atoms with E-state index in [1.54, 1.807) is 0 Å². The van der Waals surface area contributed by atoms with E-state index >= 15 is 0 Å². The van der Waals surface area contributed by atoms with E-state index in [4.69, 9.17) is 18.0 Å². The summed E-state index contributed by atoms with van der Waals surface area (Å²) in [4.78, 5) is 3.10. The number of benzene rings is 1. The number of nitrogens with two attached hydrogens (primary N) is 1. The highest BCUT2D eigenvalue weighted by Crippen LogP contribution is 2.28. The fourth-order valence-electron chi connectivity index (χ4n) is 1.95. The summed E-state index contributed by atoms with van der Waals surface area (Å²) in [7, 11) is 0. The van der Waals surface area contributed by atoms with E-state index in [0.29, 0.717) is 4.99 Å². The number of hydrogen-bond acceptors (Lipinski definition) is 2. The second kappa shape index (κ2) is 5.94. The van der Waals surface area contributed by atoms with Gasteiger partial charge in [0.25, 0.3) is 0 Å². The molecule has 1 aromatic rings. The summed E-state index contributed by atoms with van der Waals surface area (Å²) >= 11 is 8.46. The summed E-state index contributed by atoms with van der Waals surface area (Å²) in [6, 6.07) is 9.22. The molecule has 0 aromatic heterocycles. The molecule has 0 radical (unpaired) electrons. The summed E-state index contributed by atoms with van der Waals surface area (Å²) < 4.78 is 1.14. The van der Waals surface area contributed by atoms with Crippen LogP contribution in [0.2, 0.25) is 0 Å². The van der Waals surface area contributed by atoms with Crippen LogP contribution in [0.15, 0.2) is 28.7 Å². The van der Waals surface area contributed by atoms with Crippen LogP contribution in [0, 0.1) is 0 Å². The van der Waals surface area contributed by atoms with Gasteiger partial charge in [0.05, 0.1) is 4.99 Å². The Labute approximate surface area is 116 Å². The Kier molecular flexibility index (Phi) is 4.54. The van der Waals surface area contributed by atoms with Gasteiger partial charge in [0.1, 0.15) is 0 Å². The largest absolute Gasteiger partial charge is 0.393 e. The highest BCUT2D eigenvalue weighted by Gasteiger charge is 2.28. The molecule has 2 rings (SSSR count). The first-order valence-corrected chi connectivity index (χ1v) is 7.12. The Morgan fingerprint density at radius 3 is 2.82 bits per heavy atom. The van der Waals surface area contributed by atoms with Crippen molar-refractivity contribution < 1.29 is 0 Å². The third-order valence-electron chi connectivity index (χ3n) is 2.98. The Bertz CT molecular complexity index is 404. The average Bonchev–Trinajstić information content (AvgIpc) is 3.07. The van der Waals surface area contributed by atoms with E-state index in [9.17, 15) is 0 Å². The van der Waals surface area contributed by atoms with Crippen molar-refractivity contribution in [2.45, 2.75) is 31.8 Å². The molecule has 0 aliphatic heterocycles. The van der Waals surface area contributed by atoms with Crippen molar-refractivity contribution >= 4 is 33.1 Å². The molecular formula is C13H17BrN2S. The van der Waals surface area contributed by atoms with Gasteiger partial charge >= 0.3 is 0 Å². The summed E-state index contributed by atoms with van der Waals surface area (Å²) in [5, 5.41) is 0. The molecular weight excluding hydrogens is 296 g/mol. The molecule has 1 saturated carbocycles. The van der Waals surface area contributed by atoms with Crippen LogP contribution in [-0.4, -0.2) is 22.5 Å². The van der Waals surface area contributed by atoms with E-state index < -0.39 is 0 Å². The van der Waals surface area contributed by atoms with Gasteiger partial charge in [0.15, 0.2) is 0 Å². The lowest BCUT2D eigenvalue weighted by Crippen LogP contribution is -2.29. The molecule has 0 amide bonds. The summed E-state index contributed by atoms with van der Waals surface area (Å²) in [5.41, 5.74) is 6.92. The fraction of sp³-hybridized carbons (Fsp3) is 0.462. The van der Waals surface area contributed by atoms with Gasteiger partial charge in [-0.05, 0) is 30.5 Å². The van der Waals surface area contributed by atoms with Gasteiger partial charge in [-0.2, -0.15) is 0 Å². The molecule has 0 bridgehead atoms. The number of thiocarbonyl (C=S) groups is 1. The third kappa shape index (κ3) is 4.37. The van der Waals surface area contributed by atoms with Crippen molar-refractivity contribution in [2.24, 2.45) is 5.73 Å². The van der Waals surface area contributed by atoms with Crippen LogP contribution in [0.1, 0.15) is 24.8 Å². The molecule has 1 aliphatic rings. The maximum Gasteiger partial charge on any atom is 0.0740 e. The molecule has 0 spiro atoms. The zero-order valence-electron chi connectivity index (χ0n) is 9.73. The van der Waals surface area contributed by atoms with E-state index in [2.05, 4.69) is 45.1 Å². The van der Waals surface area contributed by atoms with Gasteiger partial charge in [-0.25, -0.2) is 0 Å². The molecule has 92 valence electrons. The van der Waals surface area contributed by atoms with E-state index in [0.717, 1.165) is 30.0 Å². The van der Waals surface area contributed by atoms with Gasteiger partial charge in [0, 0.05) is 30.0 Å². The number of rotatable bonds is 6. The fourth-order valence-corrected chi connectivity index (χ4v) is 2.49. The molecule has 2 nitrogen and oxygen atoms in total. The minimum Gasteiger partial charge on any atom is -0.393 e. The molecule has 0 heterocycles. The van der Waals surface area contributed by atoms with Crippen molar-refractivity contribution in [1.29, 1.82) is 0 Å². The second-order valence-electron chi connectivity index (χ2n) is 4.55. The van der Waals surface area contributed by atoms with Crippen molar-refractivity contribution in [3.8, 4) is 0 Å². The monoisotopic (exact) mass is 312 g/mol. The predicted octanol–water partition coefficient (Wildman–Crippen LogP) is 3.09. The van der Waals surface area contributed by atoms with Crippen LogP contribution in [0.25, 0.3) is 0 Å². The van der Waals surface area contributed by atoms with Gasteiger partial charge < -0.3 is 5.73 Å². The normalized spacial score (nSPS) is 15.2. The Morgan fingerprint density at radius 1 is 1.47 bits per heavy atom. The Balaban J connectivity index is 1.95. The molecule has 17 heavy (non-hydrogen) atoms. The van der Waals surface area contributed by atoms with E-state index in [1.165, 1.54) is 18.4 Å². The minimum atomic E-state index is 0.616. The van der Waals surface area contributed by atoms with Gasteiger partial charge in [-0.1, -0.05) is 40.3 Å². The quantitative estimate of drug-likeness (QED) is 0.818. The summed E-state index contributed by atoms with van der Waals surface area (Å²) in [6.07, 6.45) is 3.44. The van der Waals surface area contributed by atoms with Gasteiger partial charge in [-0.3, -0.25) is 4.90 Å². The predicted molar refractivity (Wildman–Crippen MR) is 79.0 cm³/mol. The first-order valence-electron chi connectivity index (χ1n) is 5.92. The van der Waals surface area contributed by atoms with Crippen LogP contribution < -0.4 is 5.73 Å². The first kappa shape index (κ1) is 13.0. The Morgan fingerprint density at radius 2 is 2.24 bits per heavy atom. The van der Waals surface area contributed by atoms with E-state index in [1.807, 2.05) is 0 Å². The average molecular weight is 313 g/mol. The zero-order valence-corrected chi connectivity index (χ0v) is 12.1. The molecule has 0 unspecified atom stereocenters. The van der Waals surface area contributed by atoms with Gasteiger partial charge in [0.2, 0.25) is 0 Å². The first-order chi connectivity index (χ1) is 8.15. The third-order valence-corrected chi connectivity index (χ3v) is 3.68. The smallest absolute Gasteiger partial charge is 0.0740 e. The minimum absolute atomic E-state index is 0.616. The Hall–Kier alpha value is -0.450. The highest BCUT2D eigenvalue weighted by molar-refractivity contribution is 9.10. The highest BCUT2D eigenvalue weighted by atomic mass is 79.9. The lowest BCUT2D eigenvalue weighted by molar-refractivity contribution is 0.262. The van der Waals surface area contributed by atoms with Crippen molar-refractivity contribution in [2.75, 3.05) is 6.54 Å². The SMILES string of the molecule is NC(=S)CCN(Cc1cccc(Br)c1)C1CC1. The molecule has 0 atom stereocenters. The standard InChI is InChI=1S/C13H17BrN2S/c14-11-3-1-2-10(8-11)9-16(12-4-5-12)7-6-13(15)17/h1-3,8,12H,4-7,9H2,(H2,15,17). The number of halogens is 1. The molecule has 1 aliphatic carbocycles. The maximum atomic E-state index is 5.58. The van der Waals surface area contributed by atoms with Crippen LogP contribution >= 0.6 is 28.1 Å². The van der Waals surface area contributed by atoms with Crippen LogP contribution in [0.4, 0.5) is 0 Å². The van der Waals surface area contributed by atoms with Gasteiger partial charge in [-0.15, -0.1) is 0 Å². The molecule has 1 aromatic carbocycles. The number of hydrogen-bond donors (Lipinski definition) is 1. The summed E-state index contributed by atoms with van der Waals surface area (Å²) in [6.45, 7) is 1.97. The lowest BCUT2D eigenvalue weighted by Gasteiger charge is -2.21. The van der Waals surface area contributed by atoms with Crippen molar-refractivity contribution in [3.63, 3.8) is 0 Å². The maximum absolute atomic E-state index is 5.58. The molecule has 0 saturated heterocycles. The van der Waals surface area contributed by atoms with E-state index in [-0.39, 0.29) is 0 Å². The second-order valence-corrected chi connectivity index (χ2v) is 5.99. The number of nitrogens with zero attached hydrogens (tertiary/aromatic N) is 1. The molecule has 2 N–H and O–H groups in total. The lowest BCUT2D eigenvalue weighted by atomic mass is 10.2. The van der Waals surface area contributed by atoms with Crippen LogP contribution in [0.3, 0.4) is 0 Å². The van der Waals surface area contributed by atoms with Crippen LogP contribution in [-0.2, 0) is 6.54 Å². The zero-order chi connectivity index (χ0) is 12.3. The summed E-state index contributed by atoms with van der Waals surface area (Å²) in [5.74, 6) is 0. The molecule has 4 heteroatoms. The van der Waals surface area contributed by atoms with Crippen molar-refractivity contribution in [1.82, 2.24) is 4.90 Å².